The number of rotatable bonds is 5. The number of hydrogen-bond acceptors (Lipinski definition) is 5. The zero-order valence-electron chi connectivity index (χ0n) is 20.2. The highest BCUT2D eigenvalue weighted by Gasteiger charge is 2.40. The first-order chi connectivity index (χ1) is 17.0. The van der Waals surface area contributed by atoms with Crippen LogP contribution in [0.4, 0.5) is 17.1 Å². The molecule has 8 nitrogen and oxygen atoms in total. The van der Waals surface area contributed by atoms with Gasteiger partial charge in [0.25, 0.3) is 5.91 Å². The number of methoxy groups -OCH3 is 1. The monoisotopic (exact) mass is 476 g/mol. The second-order valence-electron chi connectivity index (χ2n) is 9.47. The number of hydrogen-bond donors (Lipinski definition) is 1. The van der Waals surface area contributed by atoms with Crippen molar-refractivity contribution in [2.45, 2.75) is 44.6 Å². The Morgan fingerprint density at radius 1 is 0.971 bits per heavy atom. The van der Waals surface area contributed by atoms with Gasteiger partial charge < -0.3 is 19.9 Å². The fourth-order valence-electron chi connectivity index (χ4n) is 5.38. The number of likely N-dealkylation sites (tertiary alicyclic amines) is 1. The summed E-state index contributed by atoms with van der Waals surface area (Å²) in [4.78, 5) is 45.4. The number of piperidine rings is 2. The summed E-state index contributed by atoms with van der Waals surface area (Å²) in [6.45, 7) is 2.20. The maximum absolute atomic E-state index is 13.6. The zero-order valence-corrected chi connectivity index (χ0v) is 20.2. The molecule has 2 aromatic rings. The Bertz CT molecular complexity index is 1130. The van der Waals surface area contributed by atoms with Crippen LogP contribution in [0.1, 0.15) is 48.9 Å². The number of fused-ring (bicyclic) bond motifs is 3. The van der Waals surface area contributed by atoms with Gasteiger partial charge in [-0.2, -0.15) is 0 Å². The van der Waals surface area contributed by atoms with Crippen molar-refractivity contribution in [2.24, 2.45) is 0 Å². The van der Waals surface area contributed by atoms with E-state index in [1.54, 1.807) is 42.3 Å². The van der Waals surface area contributed by atoms with Crippen LogP contribution < -0.4 is 19.9 Å². The third-order valence-corrected chi connectivity index (χ3v) is 7.17. The van der Waals surface area contributed by atoms with Crippen LogP contribution >= 0.6 is 0 Å². The van der Waals surface area contributed by atoms with Crippen LogP contribution in [0.3, 0.4) is 0 Å². The molecule has 0 aromatic heterocycles. The quantitative estimate of drug-likeness (QED) is 0.712. The largest absolute Gasteiger partial charge is 0.497 e. The molecule has 1 N–H and O–H groups in total. The normalized spacial score (nSPS) is 19.6. The summed E-state index contributed by atoms with van der Waals surface area (Å²) in [7, 11) is 1.57. The van der Waals surface area contributed by atoms with E-state index in [4.69, 9.17) is 4.74 Å². The molecule has 0 saturated carbocycles. The number of carbonyl (C=O) groups excluding carboxylic acids is 3. The molecule has 5 rings (SSSR count). The van der Waals surface area contributed by atoms with Crippen LogP contribution in [-0.4, -0.2) is 62.0 Å². The fraction of sp³-hybridized carbons (Fsp3) is 0.444. The number of anilines is 3. The average molecular weight is 477 g/mol. The highest BCUT2D eigenvalue weighted by atomic mass is 16.5. The molecule has 0 spiro atoms. The van der Waals surface area contributed by atoms with Gasteiger partial charge in [-0.25, -0.2) is 0 Å². The standard InChI is InChI=1S/C27H32N4O4/c1-35-21-9-7-8-20(17-21)28-25(32)18-31-24-16-19(26(33)29-13-4-2-5-14-29)11-12-22(24)30-15-6-3-10-23(30)27(31)34/h7-9,11-12,16-17,23H,2-6,10,13-15,18H2,1H3,(H,28,32)/t23-/m1/s1. The lowest BCUT2D eigenvalue weighted by Gasteiger charge is -2.45. The van der Waals surface area contributed by atoms with Crippen molar-refractivity contribution in [1.29, 1.82) is 0 Å². The minimum absolute atomic E-state index is 0.0125. The molecule has 0 radical (unpaired) electrons. The Kier molecular flexibility index (Phi) is 6.61. The van der Waals surface area contributed by atoms with Crippen molar-refractivity contribution < 1.29 is 19.1 Å². The van der Waals surface area contributed by atoms with E-state index in [-0.39, 0.29) is 30.3 Å². The van der Waals surface area contributed by atoms with Crippen molar-refractivity contribution in [1.82, 2.24) is 4.90 Å². The minimum atomic E-state index is -0.297. The van der Waals surface area contributed by atoms with Gasteiger partial charge in [-0.05, 0) is 68.9 Å². The third kappa shape index (κ3) is 4.70. The topological polar surface area (TPSA) is 82.2 Å². The predicted octanol–water partition coefficient (Wildman–Crippen LogP) is 3.67. The van der Waals surface area contributed by atoms with Crippen molar-refractivity contribution in [2.75, 3.05) is 48.4 Å². The maximum Gasteiger partial charge on any atom is 0.253 e. The molecular weight excluding hydrogens is 444 g/mol. The summed E-state index contributed by atoms with van der Waals surface area (Å²) < 4.78 is 5.24. The summed E-state index contributed by atoms with van der Waals surface area (Å²) >= 11 is 0. The van der Waals surface area contributed by atoms with Crippen molar-refractivity contribution in [3.8, 4) is 5.75 Å². The lowest BCUT2D eigenvalue weighted by Crippen LogP contribution is -2.56. The number of carbonyl (C=O) groups is 3. The Hall–Kier alpha value is -3.55. The molecule has 0 unspecified atom stereocenters. The van der Waals surface area contributed by atoms with E-state index in [2.05, 4.69) is 10.2 Å². The second kappa shape index (κ2) is 9.98. The fourth-order valence-corrected chi connectivity index (χ4v) is 5.38. The SMILES string of the molecule is COc1cccc(NC(=O)CN2C(=O)[C@H]3CCCCN3c3ccc(C(=O)N4CCCCC4)cc32)c1. The summed E-state index contributed by atoms with van der Waals surface area (Å²) in [6.07, 6.45) is 5.95. The molecule has 3 heterocycles. The van der Waals surface area contributed by atoms with Gasteiger partial charge >= 0.3 is 0 Å². The maximum atomic E-state index is 13.6. The molecule has 0 aliphatic carbocycles. The van der Waals surface area contributed by atoms with Crippen LogP contribution in [0.25, 0.3) is 0 Å². The van der Waals surface area contributed by atoms with E-state index in [1.165, 1.54) is 0 Å². The van der Waals surface area contributed by atoms with Crippen molar-refractivity contribution in [3.63, 3.8) is 0 Å². The van der Waals surface area contributed by atoms with Crippen LogP contribution in [0.15, 0.2) is 42.5 Å². The van der Waals surface area contributed by atoms with E-state index >= 15 is 0 Å². The summed E-state index contributed by atoms with van der Waals surface area (Å²) in [6, 6.07) is 12.5. The number of amides is 3. The zero-order chi connectivity index (χ0) is 24.4. The van der Waals surface area contributed by atoms with E-state index in [0.717, 1.165) is 63.8 Å². The molecule has 3 amide bonds. The first-order valence-corrected chi connectivity index (χ1v) is 12.5. The van der Waals surface area contributed by atoms with E-state index in [9.17, 15) is 14.4 Å². The summed E-state index contributed by atoms with van der Waals surface area (Å²) in [5, 5.41) is 2.87. The molecule has 1 atom stereocenters. The molecule has 0 bridgehead atoms. The lowest BCUT2D eigenvalue weighted by atomic mass is 9.95. The van der Waals surface area contributed by atoms with Crippen molar-refractivity contribution in [3.05, 3.63) is 48.0 Å². The molecule has 8 heteroatoms. The van der Waals surface area contributed by atoms with E-state index in [0.29, 0.717) is 22.7 Å². The number of benzene rings is 2. The molecule has 2 aromatic carbocycles. The predicted molar refractivity (Wildman–Crippen MR) is 135 cm³/mol. The van der Waals surface area contributed by atoms with E-state index < -0.39 is 0 Å². The van der Waals surface area contributed by atoms with Gasteiger partial charge in [0, 0.05) is 37.0 Å². The number of ether oxygens (including phenoxy) is 1. The van der Waals surface area contributed by atoms with Crippen LogP contribution in [0.2, 0.25) is 0 Å². The lowest BCUT2D eigenvalue weighted by molar-refractivity contribution is -0.123. The Morgan fingerprint density at radius 2 is 1.77 bits per heavy atom. The highest BCUT2D eigenvalue weighted by Crippen LogP contribution is 2.40. The first-order valence-electron chi connectivity index (χ1n) is 12.5. The van der Waals surface area contributed by atoms with Gasteiger partial charge in [0.05, 0.1) is 18.5 Å². The Balaban J connectivity index is 1.44. The molecule has 184 valence electrons. The first kappa shape index (κ1) is 23.2. The smallest absolute Gasteiger partial charge is 0.253 e. The Labute approximate surface area is 205 Å². The minimum Gasteiger partial charge on any atom is -0.497 e. The van der Waals surface area contributed by atoms with Gasteiger partial charge in [0.1, 0.15) is 18.3 Å². The van der Waals surface area contributed by atoms with Crippen LogP contribution in [0, 0.1) is 0 Å². The van der Waals surface area contributed by atoms with Gasteiger partial charge in [-0.15, -0.1) is 0 Å². The Morgan fingerprint density at radius 3 is 2.57 bits per heavy atom. The third-order valence-electron chi connectivity index (χ3n) is 7.17. The number of nitrogens with one attached hydrogen (secondary N) is 1. The molecule has 2 fully saturated rings. The van der Waals surface area contributed by atoms with Crippen LogP contribution in [-0.2, 0) is 9.59 Å². The van der Waals surface area contributed by atoms with Crippen molar-refractivity contribution >= 4 is 34.8 Å². The van der Waals surface area contributed by atoms with Gasteiger partial charge in [-0.3, -0.25) is 19.3 Å². The molecule has 35 heavy (non-hydrogen) atoms. The van der Waals surface area contributed by atoms with Gasteiger partial charge in [0.15, 0.2) is 0 Å². The molecular formula is C27H32N4O4. The van der Waals surface area contributed by atoms with Gasteiger partial charge in [0.2, 0.25) is 11.8 Å². The second-order valence-corrected chi connectivity index (χ2v) is 9.47. The van der Waals surface area contributed by atoms with Gasteiger partial charge in [-0.1, -0.05) is 6.07 Å². The van der Waals surface area contributed by atoms with E-state index in [1.807, 2.05) is 17.0 Å². The average Bonchev–Trinajstić information content (AvgIpc) is 2.91. The molecule has 3 aliphatic heterocycles. The summed E-state index contributed by atoms with van der Waals surface area (Å²) in [5.41, 5.74) is 2.72. The molecule has 3 aliphatic rings. The van der Waals surface area contributed by atoms with Crippen LogP contribution in [0.5, 0.6) is 5.75 Å². The molecule has 2 saturated heterocycles. The number of nitrogens with zero attached hydrogens (tertiary/aromatic N) is 3. The summed E-state index contributed by atoms with van der Waals surface area (Å²) in [5.74, 6) is 0.248. The highest BCUT2D eigenvalue weighted by molar-refractivity contribution is 6.11.